The van der Waals surface area contributed by atoms with Gasteiger partial charge in [0.15, 0.2) is 0 Å². The molecule has 2 unspecified atom stereocenters. The summed E-state index contributed by atoms with van der Waals surface area (Å²) in [5.74, 6) is -1.20. The van der Waals surface area contributed by atoms with Gasteiger partial charge in [-0.05, 0) is 37.1 Å². The molecule has 0 saturated carbocycles. The van der Waals surface area contributed by atoms with E-state index in [-0.39, 0.29) is 5.92 Å². The van der Waals surface area contributed by atoms with E-state index in [4.69, 9.17) is 0 Å². The van der Waals surface area contributed by atoms with Crippen LogP contribution in [0.1, 0.15) is 12.5 Å². The molecule has 16 heavy (non-hydrogen) atoms. The Balaban J connectivity index is 2.65. The third kappa shape index (κ3) is 3.87. The molecule has 2 atom stereocenters. The number of benzene rings is 1. The number of halogens is 2. The van der Waals surface area contributed by atoms with Crippen LogP contribution < -0.4 is 5.32 Å². The standard InChI is InChI=1S/C12H17F2NO/c1-8(12(16)7-15-2)3-9-4-10(13)6-11(14)5-9/h4-6,8,12,15-16H,3,7H2,1-2H3. The lowest BCUT2D eigenvalue weighted by molar-refractivity contribution is 0.117. The van der Waals surface area contributed by atoms with Crippen molar-refractivity contribution in [3.8, 4) is 0 Å². The average Bonchev–Trinajstić information content (AvgIpc) is 2.16. The Kier molecular flexibility index (Phi) is 4.83. The van der Waals surface area contributed by atoms with Gasteiger partial charge in [0.05, 0.1) is 6.10 Å². The number of nitrogens with one attached hydrogen (secondary N) is 1. The highest BCUT2D eigenvalue weighted by atomic mass is 19.1. The molecule has 0 heterocycles. The molecule has 1 aromatic carbocycles. The molecule has 1 rings (SSSR count). The van der Waals surface area contributed by atoms with E-state index in [1.54, 1.807) is 7.05 Å². The molecule has 1 aromatic rings. The van der Waals surface area contributed by atoms with Crippen LogP contribution in [0.5, 0.6) is 0 Å². The van der Waals surface area contributed by atoms with Gasteiger partial charge in [-0.2, -0.15) is 0 Å². The third-order valence-corrected chi connectivity index (χ3v) is 2.55. The second-order valence-electron chi connectivity index (χ2n) is 4.08. The van der Waals surface area contributed by atoms with E-state index in [1.165, 1.54) is 12.1 Å². The van der Waals surface area contributed by atoms with E-state index in [2.05, 4.69) is 5.32 Å². The molecule has 4 heteroatoms. The van der Waals surface area contributed by atoms with Gasteiger partial charge in [-0.1, -0.05) is 6.92 Å². The predicted molar refractivity (Wildman–Crippen MR) is 59.2 cm³/mol. The summed E-state index contributed by atoms with van der Waals surface area (Å²) in [5.41, 5.74) is 0.570. The van der Waals surface area contributed by atoms with E-state index in [0.29, 0.717) is 18.5 Å². The van der Waals surface area contributed by atoms with Crippen molar-refractivity contribution in [3.63, 3.8) is 0 Å². The molecule has 0 bridgehead atoms. The zero-order valence-corrected chi connectivity index (χ0v) is 9.50. The second-order valence-corrected chi connectivity index (χ2v) is 4.08. The highest BCUT2D eigenvalue weighted by molar-refractivity contribution is 5.18. The molecule has 2 N–H and O–H groups in total. The topological polar surface area (TPSA) is 32.3 Å². The van der Waals surface area contributed by atoms with Crippen LogP contribution in [-0.2, 0) is 6.42 Å². The summed E-state index contributed by atoms with van der Waals surface area (Å²) in [5, 5.41) is 12.5. The SMILES string of the molecule is CNCC(O)C(C)Cc1cc(F)cc(F)c1. The Morgan fingerprint density at radius 3 is 2.31 bits per heavy atom. The lowest BCUT2D eigenvalue weighted by atomic mass is 9.95. The van der Waals surface area contributed by atoms with Crippen LogP contribution >= 0.6 is 0 Å². The summed E-state index contributed by atoms with van der Waals surface area (Å²) < 4.78 is 25.8. The molecular formula is C12H17F2NO. The zero-order chi connectivity index (χ0) is 12.1. The van der Waals surface area contributed by atoms with Crippen molar-refractivity contribution in [3.05, 3.63) is 35.4 Å². The molecule has 0 aromatic heterocycles. The molecular weight excluding hydrogens is 212 g/mol. The number of likely N-dealkylation sites (N-methyl/N-ethyl adjacent to an activating group) is 1. The van der Waals surface area contributed by atoms with Crippen molar-refractivity contribution in [2.45, 2.75) is 19.4 Å². The molecule has 0 aliphatic heterocycles. The van der Waals surface area contributed by atoms with Crippen molar-refractivity contribution in [1.29, 1.82) is 0 Å². The van der Waals surface area contributed by atoms with Crippen LogP contribution in [0.4, 0.5) is 8.78 Å². The second kappa shape index (κ2) is 5.92. The normalized spacial score (nSPS) is 14.8. The van der Waals surface area contributed by atoms with Crippen molar-refractivity contribution < 1.29 is 13.9 Å². The summed E-state index contributed by atoms with van der Waals surface area (Å²) in [7, 11) is 1.75. The summed E-state index contributed by atoms with van der Waals surface area (Å²) in [6, 6.07) is 3.44. The zero-order valence-electron chi connectivity index (χ0n) is 9.50. The molecule has 0 saturated heterocycles. The highest BCUT2D eigenvalue weighted by Crippen LogP contribution is 2.15. The lowest BCUT2D eigenvalue weighted by Crippen LogP contribution is -2.30. The first-order valence-corrected chi connectivity index (χ1v) is 5.30. The minimum atomic E-state index is -0.578. The van der Waals surface area contributed by atoms with E-state index >= 15 is 0 Å². The van der Waals surface area contributed by atoms with Gasteiger partial charge in [0.2, 0.25) is 0 Å². The van der Waals surface area contributed by atoms with Crippen LogP contribution in [-0.4, -0.2) is 24.8 Å². The van der Waals surface area contributed by atoms with Gasteiger partial charge < -0.3 is 10.4 Å². The minimum absolute atomic E-state index is 0.0475. The van der Waals surface area contributed by atoms with Crippen molar-refractivity contribution in [1.82, 2.24) is 5.32 Å². The van der Waals surface area contributed by atoms with Gasteiger partial charge in [-0.3, -0.25) is 0 Å². The molecule has 0 radical (unpaired) electrons. The maximum atomic E-state index is 12.9. The first-order chi connectivity index (χ1) is 7.52. The number of hydrogen-bond acceptors (Lipinski definition) is 2. The molecule has 0 aliphatic rings. The third-order valence-electron chi connectivity index (χ3n) is 2.55. The Labute approximate surface area is 94.3 Å². The summed E-state index contributed by atoms with van der Waals surface area (Å²) >= 11 is 0. The highest BCUT2D eigenvalue weighted by Gasteiger charge is 2.14. The van der Waals surface area contributed by atoms with Gasteiger partial charge in [-0.15, -0.1) is 0 Å². The van der Waals surface area contributed by atoms with Crippen LogP contribution in [0.3, 0.4) is 0 Å². The average molecular weight is 229 g/mol. The number of hydrogen-bond donors (Lipinski definition) is 2. The predicted octanol–water partition coefficient (Wildman–Crippen LogP) is 1.72. The monoisotopic (exact) mass is 229 g/mol. The van der Waals surface area contributed by atoms with Crippen molar-refractivity contribution in [2.75, 3.05) is 13.6 Å². The molecule has 0 fully saturated rings. The largest absolute Gasteiger partial charge is 0.392 e. The molecule has 2 nitrogen and oxygen atoms in total. The van der Waals surface area contributed by atoms with E-state index in [1.807, 2.05) is 6.92 Å². The van der Waals surface area contributed by atoms with E-state index in [9.17, 15) is 13.9 Å². The van der Waals surface area contributed by atoms with Crippen LogP contribution in [0.2, 0.25) is 0 Å². The maximum Gasteiger partial charge on any atom is 0.126 e. The van der Waals surface area contributed by atoms with Gasteiger partial charge >= 0.3 is 0 Å². The fourth-order valence-electron chi connectivity index (χ4n) is 1.65. The molecule has 90 valence electrons. The Hall–Kier alpha value is -1.00. The Morgan fingerprint density at radius 2 is 1.81 bits per heavy atom. The van der Waals surface area contributed by atoms with E-state index < -0.39 is 17.7 Å². The Morgan fingerprint density at radius 1 is 1.25 bits per heavy atom. The molecule has 0 spiro atoms. The number of aliphatic hydroxyl groups excluding tert-OH is 1. The van der Waals surface area contributed by atoms with Crippen molar-refractivity contribution in [2.24, 2.45) is 5.92 Å². The molecule has 0 amide bonds. The van der Waals surface area contributed by atoms with Gasteiger partial charge in [0.1, 0.15) is 11.6 Å². The van der Waals surface area contributed by atoms with Gasteiger partial charge in [0.25, 0.3) is 0 Å². The summed E-state index contributed by atoms with van der Waals surface area (Å²) in [6.07, 6.45) is -0.0614. The fraction of sp³-hybridized carbons (Fsp3) is 0.500. The van der Waals surface area contributed by atoms with Crippen LogP contribution in [0, 0.1) is 17.6 Å². The lowest BCUT2D eigenvalue weighted by Gasteiger charge is -2.18. The summed E-state index contributed by atoms with van der Waals surface area (Å²) in [6.45, 7) is 2.32. The van der Waals surface area contributed by atoms with Crippen molar-refractivity contribution >= 4 is 0 Å². The fourth-order valence-corrected chi connectivity index (χ4v) is 1.65. The van der Waals surface area contributed by atoms with Gasteiger partial charge in [-0.25, -0.2) is 8.78 Å². The van der Waals surface area contributed by atoms with E-state index in [0.717, 1.165) is 6.07 Å². The van der Waals surface area contributed by atoms with Crippen LogP contribution in [0.15, 0.2) is 18.2 Å². The number of rotatable bonds is 5. The first kappa shape index (κ1) is 13.1. The van der Waals surface area contributed by atoms with Crippen LogP contribution in [0.25, 0.3) is 0 Å². The summed E-state index contributed by atoms with van der Waals surface area (Å²) in [4.78, 5) is 0. The Bertz CT molecular complexity index is 324. The first-order valence-electron chi connectivity index (χ1n) is 5.30. The molecule has 0 aliphatic carbocycles. The quantitative estimate of drug-likeness (QED) is 0.805. The number of aliphatic hydroxyl groups is 1. The maximum absolute atomic E-state index is 12.9. The van der Waals surface area contributed by atoms with Gasteiger partial charge in [0, 0.05) is 12.6 Å². The smallest absolute Gasteiger partial charge is 0.126 e. The minimum Gasteiger partial charge on any atom is -0.392 e.